The predicted molar refractivity (Wildman–Crippen MR) is 124 cm³/mol. The van der Waals surface area contributed by atoms with Crippen LogP contribution in [0.1, 0.15) is 18.4 Å². The molecule has 1 fully saturated rings. The average molecular weight is 443 g/mol. The number of pyridine rings is 2. The summed E-state index contributed by atoms with van der Waals surface area (Å²) in [6, 6.07) is 5.66. The van der Waals surface area contributed by atoms with Crippen LogP contribution in [0.2, 0.25) is 5.02 Å². The van der Waals surface area contributed by atoms with Gasteiger partial charge >= 0.3 is 0 Å². The van der Waals surface area contributed by atoms with E-state index >= 15 is 0 Å². The summed E-state index contributed by atoms with van der Waals surface area (Å²) in [5, 5.41) is 2.41. The molecule has 1 aromatic carbocycles. The monoisotopic (exact) mass is 442 g/mol. The third-order valence-electron chi connectivity index (χ3n) is 5.93. The Labute approximate surface area is 187 Å². The van der Waals surface area contributed by atoms with Crippen LogP contribution in [0.25, 0.3) is 22.0 Å². The Kier molecular flexibility index (Phi) is 6.07. The van der Waals surface area contributed by atoms with E-state index in [1.807, 2.05) is 19.1 Å². The zero-order chi connectivity index (χ0) is 22.1. The lowest BCUT2D eigenvalue weighted by Gasteiger charge is -2.33. The van der Waals surface area contributed by atoms with Crippen LogP contribution in [0.15, 0.2) is 24.4 Å². The van der Waals surface area contributed by atoms with E-state index in [1.54, 1.807) is 33.6 Å². The van der Waals surface area contributed by atoms with Gasteiger partial charge in [0.1, 0.15) is 23.1 Å². The summed E-state index contributed by atoms with van der Waals surface area (Å²) in [5.74, 6) is 2.57. The minimum atomic E-state index is 0.275. The molecule has 0 spiro atoms. The van der Waals surface area contributed by atoms with Crippen LogP contribution in [0, 0.1) is 6.92 Å². The fourth-order valence-corrected chi connectivity index (χ4v) is 4.55. The normalized spacial score (nSPS) is 14.8. The maximum atomic E-state index is 6.74. The second-order valence-electron chi connectivity index (χ2n) is 7.68. The van der Waals surface area contributed by atoms with Gasteiger partial charge in [-0.05, 0) is 31.9 Å². The molecule has 1 saturated heterocycles. The van der Waals surface area contributed by atoms with Gasteiger partial charge in [0.05, 0.1) is 31.0 Å². The van der Waals surface area contributed by atoms with Crippen LogP contribution in [-0.2, 0) is 4.74 Å². The molecule has 1 aliphatic rings. The van der Waals surface area contributed by atoms with Crippen LogP contribution >= 0.6 is 11.6 Å². The van der Waals surface area contributed by atoms with E-state index in [0.717, 1.165) is 59.3 Å². The molecule has 1 aliphatic heterocycles. The van der Waals surface area contributed by atoms with Gasteiger partial charge in [0.15, 0.2) is 0 Å². The maximum Gasteiger partial charge on any atom is 0.141 e. The van der Waals surface area contributed by atoms with E-state index in [9.17, 15) is 0 Å². The van der Waals surface area contributed by atoms with Crippen molar-refractivity contribution in [2.75, 3.05) is 45.1 Å². The summed E-state index contributed by atoms with van der Waals surface area (Å²) in [5.41, 5.74) is 8.42. The quantitative estimate of drug-likeness (QED) is 0.623. The second kappa shape index (κ2) is 8.77. The number of rotatable bonds is 5. The predicted octanol–water partition coefficient (Wildman–Crippen LogP) is 4.47. The molecular formula is C23H27ClN4O3. The minimum Gasteiger partial charge on any atom is -0.496 e. The van der Waals surface area contributed by atoms with Crippen molar-refractivity contribution in [3.63, 3.8) is 0 Å². The number of fused-ring (bicyclic) bond motifs is 1. The van der Waals surface area contributed by atoms with Crippen molar-refractivity contribution in [2.24, 2.45) is 0 Å². The molecular weight excluding hydrogens is 416 g/mol. The van der Waals surface area contributed by atoms with Gasteiger partial charge in [-0.25, -0.2) is 9.97 Å². The highest BCUT2D eigenvalue weighted by Crippen LogP contribution is 2.43. The highest BCUT2D eigenvalue weighted by Gasteiger charge is 2.24. The van der Waals surface area contributed by atoms with Crippen LogP contribution in [0.5, 0.6) is 11.5 Å². The SMILES string of the molecule is COc1cc(OC)c(Cl)c(-c2cc3cnc(N)cc3c(N3CCC(OC)CC3)n2)c1C. The summed E-state index contributed by atoms with van der Waals surface area (Å²) < 4.78 is 16.6. The van der Waals surface area contributed by atoms with Gasteiger partial charge in [-0.3, -0.25) is 0 Å². The van der Waals surface area contributed by atoms with Crippen molar-refractivity contribution >= 4 is 34.0 Å². The molecule has 7 nitrogen and oxygen atoms in total. The summed E-state index contributed by atoms with van der Waals surface area (Å²) in [7, 11) is 4.99. The van der Waals surface area contributed by atoms with E-state index in [1.165, 1.54) is 0 Å². The Balaban J connectivity index is 1.92. The number of benzene rings is 1. The van der Waals surface area contributed by atoms with E-state index in [4.69, 9.17) is 36.5 Å². The summed E-state index contributed by atoms with van der Waals surface area (Å²) in [6.07, 6.45) is 3.94. The van der Waals surface area contributed by atoms with Gasteiger partial charge in [-0.1, -0.05) is 11.6 Å². The first-order chi connectivity index (χ1) is 15.0. The number of nitrogens with two attached hydrogens (primary N) is 1. The Morgan fingerprint density at radius 3 is 2.42 bits per heavy atom. The van der Waals surface area contributed by atoms with E-state index < -0.39 is 0 Å². The topological polar surface area (TPSA) is 82.7 Å². The number of methoxy groups -OCH3 is 3. The smallest absolute Gasteiger partial charge is 0.141 e. The molecule has 8 heteroatoms. The second-order valence-corrected chi connectivity index (χ2v) is 8.06. The highest BCUT2D eigenvalue weighted by molar-refractivity contribution is 6.35. The van der Waals surface area contributed by atoms with Crippen LogP contribution < -0.4 is 20.1 Å². The lowest BCUT2D eigenvalue weighted by molar-refractivity contribution is 0.0818. The third kappa shape index (κ3) is 3.95. The molecule has 0 amide bonds. The number of nitrogens with zero attached hydrogens (tertiary/aromatic N) is 3. The van der Waals surface area contributed by atoms with Crippen molar-refractivity contribution in [3.05, 3.63) is 35.0 Å². The number of anilines is 2. The molecule has 2 N–H and O–H groups in total. The molecule has 0 bridgehead atoms. The molecule has 0 aliphatic carbocycles. The largest absolute Gasteiger partial charge is 0.496 e. The Hall–Kier alpha value is -2.77. The molecule has 3 aromatic rings. The Bertz CT molecular complexity index is 1090. The number of hydrogen-bond acceptors (Lipinski definition) is 7. The standard InChI is InChI=1S/C23H27ClN4O3/c1-13-18(30-3)11-19(31-4)22(24)21(13)17-9-14-12-26-20(25)10-16(14)23(27-17)28-7-5-15(29-2)6-8-28/h9-12,15H,5-8H2,1-4H3,(H2,25,26). The Morgan fingerprint density at radius 1 is 1.06 bits per heavy atom. The van der Waals surface area contributed by atoms with E-state index in [2.05, 4.69) is 9.88 Å². The first-order valence-corrected chi connectivity index (χ1v) is 10.6. The van der Waals surface area contributed by atoms with Crippen molar-refractivity contribution in [1.82, 2.24) is 9.97 Å². The summed E-state index contributed by atoms with van der Waals surface area (Å²) in [6.45, 7) is 3.66. The summed E-state index contributed by atoms with van der Waals surface area (Å²) in [4.78, 5) is 11.6. The molecule has 0 unspecified atom stereocenters. The zero-order valence-corrected chi connectivity index (χ0v) is 19.0. The fraction of sp³-hybridized carbons (Fsp3) is 0.391. The number of hydrogen-bond donors (Lipinski definition) is 1. The first kappa shape index (κ1) is 21.5. The lowest BCUT2D eigenvalue weighted by Crippen LogP contribution is -2.37. The maximum absolute atomic E-state index is 6.74. The van der Waals surface area contributed by atoms with Crippen LogP contribution in [0.3, 0.4) is 0 Å². The highest BCUT2D eigenvalue weighted by atomic mass is 35.5. The van der Waals surface area contributed by atoms with Crippen molar-refractivity contribution in [3.8, 4) is 22.8 Å². The van der Waals surface area contributed by atoms with Gasteiger partial charge in [-0.2, -0.15) is 0 Å². The van der Waals surface area contributed by atoms with Gasteiger partial charge in [0.25, 0.3) is 0 Å². The van der Waals surface area contributed by atoms with Crippen LogP contribution in [-0.4, -0.2) is 50.5 Å². The fourth-order valence-electron chi connectivity index (χ4n) is 4.18. The Morgan fingerprint density at radius 2 is 1.77 bits per heavy atom. The molecule has 164 valence electrons. The number of halogens is 1. The van der Waals surface area contributed by atoms with Gasteiger partial charge in [-0.15, -0.1) is 0 Å². The third-order valence-corrected chi connectivity index (χ3v) is 6.30. The molecule has 31 heavy (non-hydrogen) atoms. The molecule has 2 aromatic heterocycles. The molecule has 4 rings (SSSR count). The first-order valence-electron chi connectivity index (χ1n) is 10.2. The summed E-state index contributed by atoms with van der Waals surface area (Å²) >= 11 is 6.74. The van der Waals surface area contributed by atoms with Gasteiger partial charge in [0.2, 0.25) is 0 Å². The molecule has 0 saturated carbocycles. The number of nitrogen functional groups attached to an aromatic ring is 1. The number of aromatic nitrogens is 2. The van der Waals surface area contributed by atoms with Crippen molar-refractivity contribution in [2.45, 2.75) is 25.9 Å². The minimum absolute atomic E-state index is 0.275. The molecule has 0 radical (unpaired) electrons. The van der Waals surface area contributed by atoms with Crippen molar-refractivity contribution < 1.29 is 14.2 Å². The van der Waals surface area contributed by atoms with E-state index in [-0.39, 0.29) is 6.10 Å². The van der Waals surface area contributed by atoms with Crippen molar-refractivity contribution in [1.29, 1.82) is 0 Å². The number of piperidine rings is 1. The number of ether oxygens (including phenoxy) is 3. The molecule has 3 heterocycles. The average Bonchev–Trinajstić information content (AvgIpc) is 2.79. The van der Waals surface area contributed by atoms with E-state index in [0.29, 0.717) is 22.3 Å². The molecule has 0 atom stereocenters. The zero-order valence-electron chi connectivity index (χ0n) is 18.2. The van der Waals surface area contributed by atoms with Crippen LogP contribution in [0.4, 0.5) is 11.6 Å². The lowest BCUT2D eigenvalue weighted by atomic mass is 10.0. The van der Waals surface area contributed by atoms with Gasteiger partial charge in [0, 0.05) is 54.4 Å². The van der Waals surface area contributed by atoms with Gasteiger partial charge < -0.3 is 24.8 Å².